The van der Waals surface area contributed by atoms with Crippen molar-refractivity contribution in [3.63, 3.8) is 0 Å². The Balaban J connectivity index is 1.38. The fourth-order valence-corrected chi connectivity index (χ4v) is 6.98. The van der Waals surface area contributed by atoms with E-state index in [4.69, 9.17) is 9.15 Å². The molecule has 1 aromatic heterocycles. The van der Waals surface area contributed by atoms with Crippen LogP contribution in [0.5, 0.6) is 5.75 Å². The van der Waals surface area contributed by atoms with E-state index >= 15 is 0 Å². The van der Waals surface area contributed by atoms with Gasteiger partial charge in [-0.05, 0) is 19.3 Å². The molecular formula is C25H31N3O8S. The summed E-state index contributed by atoms with van der Waals surface area (Å²) in [5, 5.41) is 15.8. The van der Waals surface area contributed by atoms with Crippen LogP contribution in [0.15, 0.2) is 32.1 Å². The summed E-state index contributed by atoms with van der Waals surface area (Å²) in [5.74, 6) is -2.01. The van der Waals surface area contributed by atoms with Gasteiger partial charge < -0.3 is 34.6 Å². The minimum absolute atomic E-state index is 0.000828. The van der Waals surface area contributed by atoms with Crippen molar-refractivity contribution in [1.29, 1.82) is 0 Å². The van der Waals surface area contributed by atoms with Gasteiger partial charge >= 0.3 is 5.97 Å². The summed E-state index contributed by atoms with van der Waals surface area (Å²) in [5.41, 5.74) is -0.330. The Hall–Kier alpha value is -3.12. The molecule has 3 aliphatic rings. The minimum atomic E-state index is -1.15. The van der Waals surface area contributed by atoms with Crippen molar-refractivity contribution >= 4 is 35.3 Å². The smallest absolute Gasteiger partial charge is 0.353 e. The second-order valence-corrected chi connectivity index (χ2v) is 11.2. The van der Waals surface area contributed by atoms with Gasteiger partial charge in [0.1, 0.15) is 23.5 Å². The number of carboxylic acids is 1. The van der Waals surface area contributed by atoms with Crippen LogP contribution < -0.4 is 20.8 Å². The summed E-state index contributed by atoms with van der Waals surface area (Å²) in [7, 11) is 1.36. The molecule has 6 atom stereocenters. The molecule has 0 radical (unpaired) electrons. The third-order valence-electron chi connectivity index (χ3n) is 7.22. The van der Waals surface area contributed by atoms with Gasteiger partial charge in [0, 0.05) is 35.1 Å². The molecule has 0 aliphatic carbocycles. The van der Waals surface area contributed by atoms with Crippen LogP contribution in [-0.2, 0) is 25.7 Å². The van der Waals surface area contributed by atoms with Crippen molar-refractivity contribution < 1.29 is 33.4 Å². The molecule has 1 unspecified atom stereocenters. The molecule has 2 saturated heterocycles. The molecule has 4 heterocycles. The van der Waals surface area contributed by atoms with Crippen molar-refractivity contribution in [1.82, 2.24) is 15.5 Å². The number of amides is 2. The molecule has 3 N–H and O–H groups in total. The first-order valence-electron chi connectivity index (χ1n) is 12.2. The minimum Gasteiger partial charge on any atom is -0.490 e. The summed E-state index contributed by atoms with van der Waals surface area (Å²) >= 11 is 1.40. The largest absolute Gasteiger partial charge is 0.490 e. The molecule has 2 fully saturated rings. The SMILES string of the molecule is COc1coc(CNC(=O)[C@@H]2CC(SC3=C(C(=O)O)N4C(=O)[C@H]([C@@H](C)CC(C)=O)[C@@H]4[C@H]3C)CN2)cc1=O. The first-order valence-corrected chi connectivity index (χ1v) is 13.0. The van der Waals surface area contributed by atoms with E-state index in [0.717, 1.165) is 0 Å². The molecule has 37 heavy (non-hydrogen) atoms. The number of carbonyl (C=O) groups is 4. The van der Waals surface area contributed by atoms with Crippen molar-refractivity contribution in [3.8, 4) is 5.75 Å². The fourth-order valence-electron chi connectivity index (χ4n) is 5.50. The van der Waals surface area contributed by atoms with E-state index < -0.39 is 12.0 Å². The van der Waals surface area contributed by atoms with Crippen LogP contribution in [0.2, 0.25) is 0 Å². The van der Waals surface area contributed by atoms with Crippen LogP contribution in [0, 0.1) is 17.8 Å². The Morgan fingerprint density at radius 1 is 1.35 bits per heavy atom. The maximum Gasteiger partial charge on any atom is 0.353 e. The van der Waals surface area contributed by atoms with Crippen molar-refractivity contribution in [3.05, 3.63) is 38.9 Å². The van der Waals surface area contributed by atoms with E-state index in [1.165, 1.54) is 43.0 Å². The van der Waals surface area contributed by atoms with Crippen molar-refractivity contribution in [2.24, 2.45) is 17.8 Å². The Bertz CT molecular complexity index is 1210. The monoisotopic (exact) mass is 533 g/mol. The van der Waals surface area contributed by atoms with Gasteiger partial charge in [-0.1, -0.05) is 13.8 Å². The number of thioether (sulfide) groups is 1. The van der Waals surface area contributed by atoms with Crippen molar-refractivity contribution in [2.75, 3.05) is 13.7 Å². The zero-order chi connectivity index (χ0) is 27.0. The molecule has 0 aromatic carbocycles. The maximum atomic E-state index is 12.9. The van der Waals surface area contributed by atoms with Gasteiger partial charge in [-0.3, -0.25) is 14.4 Å². The zero-order valence-corrected chi connectivity index (χ0v) is 21.9. The average molecular weight is 534 g/mol. The van der Waals surface area contributed by atoms with Gasteiger partial charge in [0.25, 0.3) is 0 Å². The standard InChI is InChI=1S/C25H31N3O8S/c1-11(5-12(2)29)19-20-13(3)22(21(25(33)34)28(20)24(19)32)37-15-7-16(26-9-15)23(31)27-8-14-6-17(30)18(35-4)10-36-14/h6,10-11,13,15-16,19-20,26H,5,7-9H2,1-4H3,(H,27,31)(H,33,34)/t11-,13+,15?,16-,19+,20-/m0/s1. The number of Topliss-reactive ketones (excluding diaryl/α,β-unsaturated/α-hetero) is 1. The van der Waals surface area contributed by atoms with E-state index in [-0.39, 0.29) is 76.5 Å². The molecule has 2 amide bonds. The number of nitrogens with one attached hydrogen (secondary N) is 2. The van der Waals surface area contributed by atoms with Gasteiger partial charge in [-0.15, -0.1) is 11.8 Å². The van der Waals surface area contributed by atoms with E-state index in [0.29, 0.717) is 23.6 Å². The topological polar surface area (TPSA) is 155 Å². The first-order chi connectivity index (χ1) is 17.5. The lowest BCUT2D eigenvalue weighted by atomic mass is 9.73. The summed E-state index contributed by atoms with van der Waals surface area (Å²) in [6.07, 6.45) is 1.94. The van der Waals surface area contributed by atoms with Crippen LogP contribution in [0.4, 0.5) is 0 Å². The second kappa shape index (κ2) is 10.7. The molecule has 0 spiro atoms. The van der Waals surface area contributed by atoms with Gasteiger partial charge in [-0.2, -0.15) is 0 Å². The predicted molar refractivity (Wildman–Crippen MR) is 134 cm³/mol. The van der Waals surface area contributed by atoms with E-state index in [1.807, 2.05) is 13.8 Å². The number of β-lactam (4-membered cyclic amide) rings is 1. The van der Waals surface area contributed by atoms with E-state index in [1.54, 1.807) is 0 Å². The lowest BCUT2D eigenvalue weighted by molar-refractivity contribution is -0.160. The Kier molecular flexibility index (Phi) is 7.79. The number of ketones is 1. The molecule has 4 rings (SSSR count). The molecule has 3 aliphatic heterocycles. The number of carbonyl (C=O) groups excluding carboxylic acids is 3. The number of methoxy groups -OCH3 is 1. The number of ether oxygens (including phenoxy) is 1. The number of hydrogen-bond donors (Lipinski definition) is 3. The molecule has 200 valence electrons. The maximum absolute atomic E-state index is 12.9. The zero-order valence-electron chi connectivity index (χ0n) is 21.1. The van der Waals surface area contributed by atoms with Gasteiger partial charge in [-0.25, -0.2) is 4.79 Å². The predicted octanol–water partition coefficient (Wildman–Crippen LogP) is 1.12. The quantitative estimate of drug-likeness (QED) is 0.373. The number of nitrogens with zero attached hydrogens (tertiary/aromatic N) is 1. The Labute approximate surface area is 218 Å². The third kappa shape index (κ3) is 5.17. The lowest BCUT2D eigenvalue weighted by Crippen LogP contribution is -2.62. The summed E-state index contributed by atoms with van der Waals surface area (Å²) < 4.78 is 10.2. The number of carboxylic acid groups (broad SMARTS) is 1. The second-order valence-electron chi connectivity index (χ2n) is 9.85. The average Bonchev–Trinajstić information content (AvgIpc) is 3.39. The Morgan fingerprint density at radius 2 is 2.08 bits per heavy atom. The molecule has 12 heteroatoms. The third-order valence-corrected chi connectivity index (χ3v) is 8.74. The molecule has 1 aromatic rings. The first kappa shape index (κ1) is 26.9. The van der Waals surface area contributed by atoms with Gasteiger partial charge in [0.2, 0.25) is 23.0 Å². The summed E-state index contributed by atoms with van der Waals surface area (Å²) in [4.78, 5) is 63.2. The van der Waals surface area contributed by atoms with Crippen LogP contribution in [0.1, 0.15) is 39.4 Å². The Morgan fingerprint density at radius 3 is 2.70 bits per heavy atom. The fraction of sp³-hybridized carbons (Fsp3) is 0.560. The molecule has 0 saturated carbocycles. The highest BCUT2D eigenvalue weighted by molar-refractivity contribution is 8.03. The summed E-state index contributed by atoms with van der Waals surface area (Å²) in [6, 6.07) is 0.495. The number of rotatable bonds is 10. The van der Waals surface area contributed by atoms with Gasteiger partial charge in [0.15, 0.2) is 0 Å². The van der Waals surface area contributed by atoms with E-state index in [2.05, 4.69) is 10.6 Å². The normalized spacial score (nSPS) is 27.5. The molecule has 11 nitrogen and oxygen atoms in total. The van der Waals surface area contributed by atoms with Crippen molar-refractivity contribution in [2.45, 2.75) is 57.5 Å². The molecule has 0 bridgehead atoms. The number of aliphatic carboxylic acids is 1. The summed E-state index contributed by atoms with van der Waals surface area (Å²) in [6.45, 7) is 5.81. The number of hydrogen-bond acceptors (Lipinski definition) is 9. The highest BCUT2D eigenvalue weighted by atomic mass is 32.2. The van der Waals surface area contributed by atoms with Crippen LogP contribution >= 0.6 is 11.8 Å². The van der Waals surface area contributed by atoms with E-state index in [9.17, 15) is 29.1 Å². The highest BCUT2D eigenvalue weighted by Gasteiger charge is 2.60. The molecular weight excluding hydrogens is 502 g/mol. The van der Waals surface area contributed by atoms with Crippen LogP contribution in [0.3, 0.4) is 0 Å². The highest BCUT2D eigenvalue weighted by Crippen LogP contribution is 2.53. The number of fused-ring (bicyclic) bond motifs is 1. The van der Waals surface area contributed by atoms with Crippen LogP contribution in [-0.4, -0.2) is 64.6 Å². The van der Waals surface area contributed by atoms with Crippen LogP contribution in [0.25, 0.3) is 0 Å². The lowest BCUT2D eigenvalue weighted by Gasteiger charge is -2.47. The van der Waals surface area contributed by atoms with Gasteiger partial charge in [0.05, 0.1) is 31.7 Å².